The third-order valence-corrected chi connectivity index (χ3v) is 4.77. The number of carbonyl (C=O) groups is 3. The van der Waals surface area contributed by atoms with E-state index in [-0.39, 0.29) is 17.6 Å². The number of benzene rings is 1. The van der Waals surface area contributed by atoms with Crippen LogP contribution >= 0.6 is 11.8 Å². The Morgan fingerprint density at radius 1 is 1.20 bits per heavy atom. The molecule has 0 spiro atoms. The molecule has 1 aromatic carbocycles. The Labute approximate surface area is 152 Å². The van der Waals surface area contributed by atoms with Crippen LogP contribution in [-0.2, 0) is 14.4 Å². The van der Waals surface area contributed by atoms with Gasteiger partial charge in [0.1, 0.15) is 6.04 Å². The number of amides is 2. The van der Waals surface area contributed by atoms with Gasteiger partial charge in [-0.15, -0.1) is 11.8 Å². The molecule has 0 heterocycles. The van der Waals surface area contributed by atoms with Crippen molar-refractivity contribution in [2.24, 2.45) is 0 Å². The number of rotatable bonds is 10. The topological polar surface area (TPSA) is 95.5 Å². The number of thioether (sulfide) groups is 1. The number of nitrogens with one attached hydrogen (secondary N) is 2. The summed E-state index contributed by atoms with van der Waals surface area (Å²) in [4.78, 5) is 35.2. The van der Waals surface area contributed by atoms with Crippen LogP contribution in [0.15, 0.2) is 24.3 Å². The summed E-state index contributed by atoms with van der Waals surface area (Å²) < 4.78 is 0. The minimum atomic E-state index is -1.03. The fourth-order valence-corrected chi connectivity index (χ4v) is 2.76. The zero-order valence-corrected chi connectivity index (χ0v) is 15.7. The quantitative estimate of drug-likeness (QED) is 0.592. The number of hydrogen-bond donors (Lipinski definition) is 3. The molecule has 3 N–H and O–H groups in total. The van der Waals surface area contributed by atoms with E-state index in [4.69, 9.17) is 5.11 Å². The molecule has 2 amide bonds. The molecule has 1 unspecified atom stereocenters. The van der Waals surface area contributed by atoms with Gasteiger partial charge in [0, 0.05) is 5.69 Å². The monoisotopic (exact) mass is 366 g/mol. The first-order valence-corrected chi connectivity index (χ1v) is 9.39. The maximum absolute atomic E-state index is 12.1. The molecular weight excluding hydrogens is 340 g/mol. The number of carboxylic acids is 1. The lowest BCUT2D eigenvalue weighted by Crippen LogP contribution is -2.44. The second kappa shape index (κ2) is 10.8. The first kappa shape index (κ1) is 21.0. The van der Waals surface area contributed by atoms with Gasteiger partial charge in [0.15, 0.2) is 0 Å². The highest BCUT2D eigenvalue weighted by molar-refractivity contribution is 8.01. The highest BCUT2D eigenvalue weighted by atomic mass is 32.2. The van der Waals surface area contributed by atoms with Gasteiger partial charge in [0.05, 0.1) is 11.0 Å². The highest BCUT2D eigenvalue weighted by Crippen LogP contribution is 2.14. The molecule has 0 aliphatic carbocycles. The Morgan fingerprint density at radius 3 is 2.40 bits per heavy atom. The number of hydrogen-bond acceptors (Lipinski definition) is 4. The van der Waals surface area contributed by atoms with Gasteiger partial charge in [0.2, 0.25) is 11.8 Å². The van der Waals surface area contributed by atoms with Gasteiger partial charge in [-0.1, -0.05) is 37.5 Å². The number of aliphatic carboxylic acids is 1. The predicted octanol–water partition coefficient (Wildman–Crippen LogP) is 2.81. The summed E-state index contributed by atoms with van der Waals surface area (Å²) in [6, 6.07) is 6.57. The first-order chi connectivity index (χ1) is 11.8. The molecule has 25 heavy (non-hydrogen) atoms. The fourth-order valence-electron chi connectivity index (χ4n) is 2.07. The smallest absolute Gasteiger partial charge is 0.326 e. The van der Waals surface area contributed by atoms with Crippen LogP contribution in [0.4, 0.5) is 5.69 Å². The van der Waals surface area contributed by atoms with Crippen LogP contribution in [0.2, 0.25) is 0 Å². The zero-order chi connectivity index (χ0) is 18.8. The third-order valence-electron chi connectivity index (χ3n) is 3.63. The molecular formula is C18H26N2O4S. The molecule has 0 aliphatic heterocycles. The van der Waals surface area contributed by atoms with Crippen molar-refractivity contribution in [2.75, 3.05) is 11.1 Å². The van der Waals surface area contributed by atoms with Crippen LogP contribution in [0.1, 0.15) is 38.7 Å². The van der Waals surface area contributed by atoms with E-state index in [0.717, 1.165) is 18.4 Å². The standard InChI is InChI=1S/C18H26N2O4S/c1-4-5-6-15(18(23)24)20-17(22)13(3)25-11-16(21)19-14-9-7-12(2)8-10-14/h7-10,13,15H,4-6,11H2,1-3H3,(H,19,21)(H,20,22)(H,23,24)/t13?,15-/m0/s1. The maximum atomic E-state index is 12.1. The van der Waals surface area contributed by atoms with Crippen LogP contribution in [0.5, 0.6) is 0 Å². The molecule has 1 rings (SSSR count). The normalized spacial score (nSPS) is 12.9. The van der Waals surface area contributed by atoms with Crippen LogP contribution in [0.25, 0.3) is 0 Å². The van der Waals surface area contributed by atoms with Crippen molar-refractivity contribution in [1.29, 1.82) is 0 Å². The summed E-state index contributed by atoms with van der Waals surface area (Å²) in [6.07, 6.45) is 2.00. The molecule has 0 radical (unpaired) electrons. The number of unbranched alkanes of at least 4 members (excludes halogenated alkanes) is 1. The highest BCUT2D eigenvalue weighted by Gasteiger charge is 2.23. The summed E-state index contributed by atoms with van der Waals surface area (Å²) in [5.41, 5.74) is 1.81. The van der Waals surface area contributed by atoms with E-state index < -0.39 is 17.3 Å². The minimum Gasteiger partial charge on any atom is -0.480 e. The van der Waals surface area contributed by atoms with E-state index in [1.54, 1.807) is 6.92 Å². The van der Waals surface area contributed by atoms with Crippen molar-refractivity contribution < 1.29 is 19.5 Å². The van der Waals surface area contributed by atoms with Crippen molar-refractivity contribution in [3.05, 3.63) is 29.8 Å². The van der Waals surface area contributed by atoms with Crippen molar-refractivity contribution in [3.63, 3.8) is 0 Å². The van der Waals surface area contributed by atoms with E-state index >= 15 is 0 Å². The van der Waals surface area contributed by atoms with E-state index in [1.807, 2.05) is 38.1 Å². The van der Waals surface area contributed by atoms with Crippen LogP contribution < -0.4 is 10.6 Å². The molecule has 0 aromatic heterocycles. The Bertz CT molecular complexity index is 589. The predicted molar refractivity (Wildman–Crippen MR) is 101 cm³/mol. The third kappa shape index (κ3) is 8.07. The van der Waals surface area contributed by atoms with Gasteiger partial charge >= 0.3 is 5.97 Å². The van der Waals surface area contributed by atoms with Gasteiger partial charge < -0.3 is 15.7 Å². The molecule has 2 atom stereocenters. The summed E-state index contributed by atoms with van der Waals surface area (Å²) in [7, 11) is 0. The molecule has 0 aliphatic rings. The average Bonchev–Trinajstić information content (AvgIpc) is 2.58. The number of aryl methyl sites for hydroxylation is 1. The summed E-state index contributed by atoms with van der Waals surface area (Å²) >= 11 is 1.18. The SMILES string of the molecule is CCCC[C@H](NC(=O)C(C)SCC(=O)Nc1ccc(C)cc1)C(=O)O. The van der Waals surface area contributed by atoms with E-state index in [1.165, 1.54) is 11.8 Å². The second-order valence-corrected chi connectivity index (χ2v) is 7.24. The number of carbonyl (C=O) groups excluding carboxylic acids is 2. The molecule has 0 saturated carbocycles. The Balaban J connectivity index is 2.42. The molecule has 1 aromatic rings. The largest absolute Gasteiger partial charge is 0.480 e. The van der Waals surface area contributed by atoms with Crippen molar-refractivity contribution in [3.8, 4) is 0 Å². The lowest BCUT2D eigenvalue weighted by atomic mass is 10.1. The Hall–Kier alpha value is -2.02. The first-order valence-electron chi connectivity index (χ1n) is 8.34. The van der Waals surface area contributed by atoms with Crippen molar-refractivity contribution in [2.45, 2.75) is 51.3 Å². The lowest BCUT2D eigenvalue weighted by Gasteiger charge is -2.17. The summed E-state index contributed by atoms with van der Waals surface area (Å²) in [5, 5.41) is 13.9. The van der Waals surface area contributed by atoms with Gasteiger partial charge in [-0.25, -0.2) is 4.79 Å². The van der Waals surface area contributed by atoms with Crippen LogP contribution in [0.3, 0.4) is 0 Å². The molecule has 6 nitrogen and oxygen atoms in total. The van der Waals surface area contributed by atoms with Gasteiger partial charge in [-0.3, -0.25) is 9.59 Å². The van der Waals surface area contributed by atoms with Crippen molar-refractivity contribution in [1.82, 2.24) is 5.32 Å². The average molecular weight is 366 g/mol. The molecule has 0 fully saturated rings. The minimum absolute atomic E-state index is 0.120. The Morgan fingerprint density at radius 2 is 1.84 bits per heavy atom. The van der Waals surface area contributed by atoms with E-state index in [2.05, 4.69) is 10.6 Å². The summed E-state index contributed by atoms with van der Waals surface area (Å²) in [5.74, 6) is -1.48. The molecule has 0 saturated heterocycles. The number of anilines is 1. The summed E-state index contributed by atoms with van der Waals surface area (Å²) in [6.45, 7) is 5.59. The van der Waals surface area contributed by atoms with Gasteiger partial charge in [-0.2, -0.15) is 0 Å². The Kier molecular flexibility index (Phi) is 9.05. The fraction of sp³-hybridized carbons (Fsp3) is 0.500. The van der Waals surface area contributed by atoms with E-state index in [0.29, 0.717) is 12.1 Å². The van der Waals surface area contributed by atoms with Crippen LogP contribution in [0, 0.1) is 6.92 Å². The molecule has 138 valence electrons. The lowest BCUT2D eigenvalue weighted by molar-refractivity contribution is -0.141. The van der Waals surface area contributed by atoms with Gasteiger partial charge in [-0.05, 0) is 32.4 Å². The zero-order valence-electron chi connectivity index (χ0n) is 14.9. The number of carboxylic acid groups (broad SMARTS) is 1. The van der Waals surface area contributed by atoms with Crippen LogP contribution in [-0.4, -0.2) is 39.9 Å². The molecule has 7 heteroatoms. The maximum Gasteiger partial charge on any atom is 0.326 e. The second-order valence-electron chi connectivity index (χ2n) is 5.91. The van der Waals surface area contributed by atoms with Crippen molar-refractivity contribution >= 4 is 35.2 Å². The molecule has 0 bridgehead atoms. The van der Waals surface area contributed by atoms with E-state index in [9.17, 15) is 14.4 Å². The van der Waals surface area contributed by atoms with Gasteiger partial charge in [0.25, 0.3) is 0 Å².